The van der Waals surface area contributed by atoms with E-state index in [2.05, 4.69) is 0 Å². The quantitative estimate of drug-likeness (QED) is 0.618. The van der Waals surface area contributed by atoms with Crippen LogP contribution in [0, 0.1) is 11.3 Å². The first kappa shape index (κ1) is 15.0. The summed E-state index contributed by atoms with van der Waals surface area (Å²) in [5.74, 6) is -8.41. The van der Waals surface area contributed by atoms with E-state index in [1.54, 1.807) is 6.07 Å². The van der Waals surface area contributed by atoms with Crippen molar-refractivity contribution in [1.29, 1.82) is 5.26 Å². The normalized spacial score (nSPS) is 12.0. The first-order valence-electron chi connectivity index (χ1n) is 6.13. The molecule has 0 saturated carbocycles. The minimum atomic E-state index is -4.22. The maximum absolute atomic E-state index is 14.0. The molecule has 2 aliphatic carbocycles. The van der Waals surface area contributed by atoms with Crippen LogP contribution in [0.15, 0.2) is 48.5 Å². The van der Waals surface area contributed by atoms with Crippen LogP contribution in [0.5, 0.6) is 0 Å². The third-order valence-corrected chi connectivity index (χ3v) is 3.12. The standard InChI is InChI=1S/C14H8F4.C2H3N/c15-13(16,10-4-2-1-3-5-10)14(17,18)12-7-6-9-8-11(9)12;1-2-3/h1-8H;1H3. The lowest BCUT2D eigenvalue weighted by Crippen LogP contribution is -2.35. The van der Waals surface area contributed by atoms with E-state index in [1.807, 2.05) is 0 Å². The molecule has 1 aromatic carbocycles. The highest BCUT2D eigenvalue weighted by molar-refractivity contribution is 5.85. The van der Waals surface area contributed by atoms with Gasteiger partial charge in [-0.15, -0.1) is 0 Å². The van der Waals surface area contributed by atoms with Crippen molar-refractivity contribution in [3.05, 3.63) is 59.7 Å². The highest BCUT2D eigenvalue weighted by Crippen LogP contribution is 2.55. The summed E-state index contributed by atoms with van der Waals surface area (Å²) in [6, 6.07) is 11.9. The van der Waals surface area contributed by atoms with E-state index in [0.717, 1.165) is 18.2 Å². The predicted molar refractivity (Wildman–Crippen MR) is 71.0 cm³/mol. The predicted octanol–water partition coefficient (Wildman–Crippen LogP) is 5.08. The summed E-state index contributed by atoms with van der Waals surface area (Å²) < 4.78 is 55.8. The van der Waals surface area contributed by atoms with Crippen molar-refractivity contribution in [2.45, 2.75) is 18.8 Å². The number of alkyl halides is 4. The molecule has 0 saturated heterocycles. The van der Waals surface area contributed by atoms with Crippen LogP contribution in [0.3, 0.4) is 0 Å². The Morgan fingerprint density at radius 3 is 1.90 bits per heavy atom. The molecular formula is C16H11F4N. The molecule has 0 heterocycles. The maximum atomic E-state index is 14.0. The molecule has 1 aromatic rings. The SMILES string of the molecule is CC#N.FC(F)(c1ccccc1)C(F)(F)c1ccc2cc1-2. The van der Waals surface area contributed by atoms with Gasteiger partial charge in [0.1, 0.15) is 0 Å². The van der Waals surface area contributed by atoms with Crippen molar-refractivity contribution in [3.8, 4) is 17.2 Å². The smallest absolute Gasteiger partial charge is 0.199 e. The Hall–Kier alpha value is -2.35. The van der Waals surface area contributed by atoms with Gasteiger partial charge in [0.2, 0.25) is 0 Å². The largest absolute Gasteiger partial charge is 0.340 e. The van der Waals surface area contributed by atoms with Crippen molar-refractivity contribution >= 4 is 0 Å². The molecule has 0 aliphatic heterocycles. The molecule has 108 valence electrons. The molecule has 0 radical (unpaired) electrons. The zero-order valence-electron chi connectivity index (χ0n) is 11.1. The second-order valence-corrected chi connectivity index (χ2v) is 4.50. The fourth-order valence-electron chi connectivity index (χ4n) is 2.03. The highest BCUT2D eigenvalue weighted by Gasteiger charge is 2.60. The van der Waals surface area contributed by atoms with Gasteiger partial charge in [-0.1, -0.05) is 42.5 Å². The maximum Gasteiger partial charge on any atom is 0.340 e. The summed E-state index contributed by atoms with van der Waals surface area (Å²) in [7, 11) is 0. The van der Waals surface area contributed by atoms with Crippen LogP contribution in [0.4, 0.5) is 17.6 Å². The summed E-state index contributed by atoms with van der Waals surface area (Å²) in [6.07, 6.45) is 0. The average molecular weight is 293 g/mol. The molecule has 0 fully saturated rings. The number of rotatable bonds is 3. The van der Waals surface area contributed by atoms with Gasteiger partial charge in [-0.3, -0.25) is 0 Å². The molecule has 1 nitrogen and oxygen atoms in total. The molecule has 3 rings (SSSR count). The third kappa shape index (κ3) is 2.49. The molecule has 21 heavy (non-hydrogen) atoms. The zero-order valence-corrected chi connectivity index (χ0v) is 11.1. The molecule has 2 aliphatic rings. The summed E-state index contributed by atoms with van der Waals surface area (Å²) in [6.45, 7) is 1.43. The zero-order chi connectivity index (χ0) is 15.7. The van der Waals surface area contributed by atoms with Gasteiger partial charge in [0.25, 0.3) is 0 Å². The van der Waals surface area contributed by atoms with E-state index in [0.29, 0.717) is 5.56 Å². The fourth-order valence-corrected chi connectivity index (χ4v) is 2.03. The van der Waals surface area contributed by atoms with E-state index >= 15 is 0 Å². The number of nitrogens with zero attached hydrogens (tertiary/aromatic N) is 1. The topological polar surface area (TPSA) is 23.8 Å². The number of nitriles is 1. The van der Waals surface area contributed by atoms with Crippen LogP contribution < -0.4 is 0 Å². The molecular weight excluding hydrogens is 282 g/mol. The van der Waals surface area contributed by atoms with Crippen LogP contribution in [-0.2, 0) is 11.8 Å². The minimum Gasteiger partial charge on any atom is -0.199 e. The minimum absolute atomic E-state index is 0.246. The number of hydrogen-bond donors (Lipinski definition) is 0. The van der Waals surface area contributed by atoms with Crippen molar-refractivity contribution in [2.24, 2.45) is 0 Å². The van der Waals surface area contributed by atoms with Crippen molar-refractivity contribution in [2.75, 3.05) is 0 Å². The van der Waals surface area contributed by atoms with Crippen LogP contribution >= 0.6 is 0 Å². The van der Waals surface area contributed by atoms with Crippen LogP contribution in [0.2, 0.25) is 0 Å². The molecule has 0 atom stereocenters. The van der Waals surface area contributed by atoms with E-state index < -0.39 is 23.0 Å². The summed E-state index contributed by atoms with van der Waals surface area (Å²) in [5, 5.41) is 7.32. The lowest BCUT2D eigenvalue weighted by Gasteiger charge is -2.26. The molecule has 5 heteroatoms. The molecule has 0 N–H and O–H groups in total. The Kier molecular flexibility index (Phi) is 3.73. The van der Waals surface area contributed by atoms with Gasteiger partial charge in [-0.25, -0.2) is 0 Å². The van der Waals surface area contributed by atoms with Gasteiger partial charge in [0.15, 0.2) is 0 Å². The molecule has 0 aromatic heterocycles. The summed E-state index contributed by atoms with van der Waals surface area (Å²) in [5.41, 5.74) is -0.402. The van der Waals surface area contributed by atoms with Crippen molar-refractivity contribution in [3.63, 3.8) is 0 Å². The molecule has 0 spiro atoms. The molecule has 0 unspecified atom stereocenters. The Morgan fingerprint density at radius 2 is 1.48 bits per heavy atom. The van der Waals surface area contributed by atoms with Crippen LogP contribution in [0.25, 0.3) is 11.1 Å². The van der Waals surface area contributed by atoms with E-state index in [4.69, 9.17) is 5.26 Å². The summed E-state index contributed by atoms with van der Waals surface area (Å²) >= 11 is 0. The summed E-state index contributed by atoms with van der Waals surface area (Å²) in [4.78, 5) is 0. The van der Waals surface area contributed by atoms with Gasteiger partial charge in [-0.05, 0) is 17.2 Å². The first-order valence-corrected chi connectivity index (χ1v) is 6.13. The number of benzene rings is 2. The van der Waals surface area contributed by atoms with E-state index in [9.17, 15) is 17.6 Å². The van der Waals surface area contributed by atoms with E-state index in [1.165, 1.54) is 37.3 Å². The lowest BCUT2D eigenvalue weighted by atomic mass is 9.97. The van der Waals surface area contributed by atoms with Crippen LogP contribution in [-0.4, -0.2) is 0 Å². The van der Waals surface area contributed by atoms with Gasteiger partial charge < -0.3 is 0 Å². The Bertz CT molecular complexity index is 687. The fraction of sp³-hybridized carbons (Fsp3) is 0.188. The van der Waals surface area contributed by atoms with Crippen LogP contribution in [0.1, 0.15) is 18.1 Å². The van der Waals surface area contributed by atoms with Crippen molar-refractivity contribution in [1.82, 2.24) is 0 Å². The average Bonchev–Trinajstić information content (AvgIpc) is 3.10. The monoisotopic (exact) mass is 293 g/mol. The van der Waals surface area contributed by atoms with Gasteiger partial charge in [0, 0.05) is 18.1 Å². The van der Waals surface area contributed by atoms with Crippen molar-refractivity contribution < 1.29 is 17.6 Å². The van der Waals surface area contributed by atoms with Gasteiger partial charge in [-0.2, -0.15) is 22.8 Å². The van der Waals surface area contributed by atoms with E-state index in [-0.39, 0.29) is 5.56 Å². The Balaban J connectivity index is 0.000000497. The Labute approximate surface area is 119 Å². The number of hydrogen-bond acceptors (Lipinski definition) is 1. The molecule has 0 amide bonds. The number of fused-ring (bicyclic) bond motifs is 1. The Morgan fingerprint density at radius 1 is 0.905 bits per heavy atom. The first-order chi connectivity index (χ1) is 9.86. The van der Waals surface area contributed by atoms with Gasteiger partial charge in [0.05, 0.1) is 6.07 Å². The second kappa shape index (κ2) is 5.21. The highest BCUT2D eigenvalue weighted by atomic mass is 19.3. The lowest BCUT2D eigenvalue weighted by molar-refractivity contribution is -0.223. The number of halogens is 4. The third-order valence-electron chi connectivity index (χ3n) is 3.12. The molecule has 0 bridgehead atoms. The van der Waals surface area contributed by atoms with Gasteiger partial charge >= 0.3 is 11.8 Å². The second-order valence-electron chi connectivity index (χ2n) is 4.50.